The van der Waals surface area contributed by atoms with Gasteiger partial charge in [-0.2, -0.15) is 5.10 Å². The summed E-state index contributed by atoms with van der Waals surface area (Å²) in [5.41, 5.74) is 0.845. The highest BCUT2D eigenvalue weighted by Gasteiger charge is 2.38. The fourth-order valence-electron chi connectivity index (χ4n) is 2.81. The van der Waals surface area contributed by atoms with Crippen molar-refractivity contribution in [3.63, 3.8) is 0 Å². The molecule has 0 bridgehead atoms. The summed E-state index contributed by atoms with van der Waals surface area (Å²) in [4.78, 5) is 3.99. The molecule has 1 N–H and O–H groups in total. The zero-order valence-electron chi connectivity index (χ0n) is 14.4. The summed E-state index contributed by atoms with van der Waals surface area (Å²) < 4.78 is 13.0. The van der Waals surface area contributed by atoms with Crippen molar-refractivity contribution in [2.24, 2.45) is 5.41 Å². The number of rotatable bonds is 5. The van der Waals surface area contributed by atoms with E-state index in [-0.39, 0.29) is 12.0 Å². The molecule has 134 valence electrons. The van der Waals surface area contributed by atoms with Crippen LogP contribution in [0.25, 0.3) is 5.70 Å². The van der Waals surface area contributed by atoms with Gasteiger partial charge in [-0.25, -0.2) is 9.67 Å². The maximum absolute atomic E-state index is 11.1. The van der Waals surface area contributed by atoms with E-state index >= 15 is 0 Å². The lowest BCUT2D eigenvalue weighted by Gasteiger charge is -2.37. The van der Waals surface area contributed by atoms with Crippen molar-refractivity contribution in [2.75, 3.05) is 13.2 Å². The van der Waals surface area contributed by atoms with Crippen molar-refractivity contribution >= 4 is 17.3 Å². The minimum Gasteiger partial charge on any atom is -0.510 e. The highest BCUT2D eigenvalue weighted by molar-refractivity contribution is 6.31. The Kier molecular flexibility index (Phi) is 5.42. The quantitative estimate of drug-likeness (QED) is 0.820. The van der Waals surface area contributed by atoms with Crippen LogP contribution in [0.4, 0.5) is 0 Å². The molecule has 1 aromatic heterocycles. The first kappa shape index (κ1) is 17.9. The molecule has 0 atom stereocenters. The number of ether oxygens (including phenoxy) is 2. The fraction of sp³-hybridized carbons (Fsp3) is 0.444. The van der Waals surface area contributed by atoms with Gasteiger partial charge in [0.05, 0.1) is 24.3 Å². The van der Waals surface area contributed by atoms with Crippen LogP contribution in [0.15, 0.2) is 42.7 Å². The van der Waals surface area contributed by atoms with Gasteiger partial charge in [0.25, 0.3) is 0 Å². The molecular formula is C18H22ClN3O3. The van der Waals surface area contributed by atoms with Crippen LogP contribution in [-0.4, -0.2) is 39.4 Å². The molecule has 0 radical (unpaired) electrons. The van der Waals surface area contributed by atoms with Crippen molar-refractivity contribution in [1.29, 1.82) is 0 Å². The highest BCUT2D eigenvalue weighted by Crippen LogP contribution is 2.35. The zero-order chi connectivity index (χ0) is 17.9. The maximum Gasteiger partial charge on any atom is 0.157 e. The Balaban J connectivity index is 1.96. The van der Waals surface area contributed by atoms with Crippen molar-refractivity contribution in [2.45, 2.75) is 33.0 Å². The van der Waals surface area contributed by atoms with Gasteiger partial charge in [-0.05, 0) is 25.0 Å². The number of halogens is 1. The summed E-state index contributed by atoms with van der Waals surface area (Å²) in [6.45, 7) is 4.66. The van der Waals surface area contributed by atoms with E-state index in [2.05, 4.69) is 10.1 Å². The molecular weight excluding hydrogens is 342 g/mol. The number of aliphatic hydroxyl groups excluding tert-OH is 1. The van der Waals surface area contributed by atoms with Gasteiger partial charge in [0.2, 0.25) is 0 Å². The van der Waals surface area contributed by atoms with Crippen LogP contribution in [0.1, 0.15) is 25.8 Å². The summed E-state index contributed by atoms with van der Waals surface area (Å²) in [6.07, 6.45) is 3.96. The van der Waals surface area contributed by atoms with Gasteiger partial charge >= 0.3 is 0 Å². The van der Waals surface area contributed by atoms with E-state index in [1.54, 1.807) is 11.0 Å². The fourth-order valence-corrected chi connectivity index (χ4v) is 3.01. The number of hydrogen-bond donors (Lipinski definition) is 1. The van der Waals surface area contributed by atoms with Crippen LogP contribution in [0, 0.1) is 5.41 Å². The SMILES string of the molecule is CCC1OCC(C)(/C(O)=C(/Cc2ccccc2Cl)n2cncn2)CO1. The van der Waals surface area contributed by atoms with Crippen molar-refractivity contribution in [3.8, 4) is 0 Å². The van der Waals surface area contributed by atoms with Gasteiger partial charge in [-0.3, -0.25) is 0 Å². The Morgan fingerprint density at radius 1 is 1.36 bits per heavy atom. The van der Waals surface area contributed by atoms with Gasteiger partial charge in [-0.1, -0.05) is 36.7 Å². The normalized spacial score (nSPS) is 24.8. The van der Waals surface area contributed by atoms with Gasteiger partial charge < -0.3 is 14.6 Å². The molecule has 0 spiro atoms. The molecule has 7 heteroatoms. The van der Waals surface area contributed by atoms with Crippen LogP contribution in [0.3, 0.4) is 0 Å². The molecule has 1 aromatic carbocycles. The third-order valence-electron chi connectivity index (χ3n) is 4.36. The average Bonchev–Trinajstić information content (AvgIpc) is 3.15. The largest absolute Gasteiger partial charge is 0.510 e. The molecule has 25 heavy (non-hydrogen) atoms. The van der Waals surface area contributed by atoms with E-state index in [0.717, 1.165) is 12.0 Å². The van der Waals surface area contributed by atoms with E-state index < -0.39 is 5.41 Å². The second-order valence-corrected chi connectivity index (χ2v) is 6.83. The smallest absolute Gasteiger partial charge is 0.157 e. The Morgan fingerprint density at radius 3 is 2.68 bits per heavy atom. The molecule has 3 rings (SSSR count). The first-order chi connectivity index (χ1) is 12.0. The summed E-state index contributed by atoms with van der Waals surface area (Å²) in [6, 6.07) is 7.54. The van der Waals surface area contributed by atoms with Crippen LogP contribution in [-0.2, 0) is 15.9 Å². The maximum atomic E-state index is 11.1. The number of allylic oxidation sites excluding steroid dienone is 1. The van der Waals surface area contributed by atoms with Crippen LogP contribution in [0.2, 0.25) is 5.02 Å². The summed E-state index contributed by atoms with van der Waals surface area (Å²) in [5, 5.41) is 15.9. The van der Waals surface area contributed by atoms with Gasteiger partial charge in [-0.15, -0.1) is 0 Å². The van der Waals surface area contributed by atoms with Gasteiger partial charge in [0.1, 0.15) is 18.4 Å². The Labute approximate surface area is 152 Å². The predicted octanol–water partition coefficient (Wildman–Crippen LogP) is 3.69. The molecule has 6 nitrogen and oxygen atoms in total. The molecule has 1 aliphatic rings. The number of nitrogens with zero attached hydrogens (tertiary/aromatic N) is 3. The minimum absolute atomic E-state index is 0.174. The zero-order valence-corrected chi connectivity index (χ0v) is 15.1. The Bertz CT molecular complexity index is 738. The predicted molar refractivity (Wildman–Crippen MR) is 95.1 cm³/mol. The summed E-state index contributed by atoms with van der Waals surface area (Å²) in [5.74, 6) is 0.174. The third kappa shape index (κ3) is 3.86. The highest BCUT2D eigenvalue weighted by atomic mass is 35.5. The standard InChI is InChI=1S/C18H22ClN3O3/c1-3-16-24-9-18(2,10-25-16)17(23)15(22-12-20-11-21-22)8-13-6-4-5-7-14(13)19/h4-7,11-12,16,23H,3,8-10H2,1-2H3/b17-15+. The Hall–Kier alpha value is -1.89. The first-order valence-electron chi connectivity index (χ1n) is 8.27. The second-order valence-electron chi connectivity index (χ2n) is 6.42. The average molecular weight is 364 g/mol. The Morgan fingerprint density at radius 2 is 2.08 bits per heavy atom. The van der Waals surface area contributed by atoms with Crippen molar-refractivity contribution < 1.29 is 14.6 Å². The van der Waals surface area contributed by atoms with Crippen LogP contribution in [0.5, 0.6) is 0 Å². The number of aromatic nitrogens is 3. The van der Waals surface area contributed by atoms with E-state index in [1.165, 1.54) is 6.33 Å². The molecule has 0 amide bonds. The molecule has 1 fully saturated rings. The number of aliphatic hydroxyl groups is 1. The number of hydrogen-bond acceptors (Lipinski definition) is 5. The monoisotopic (exact) mass is 363 g/mol. The first-order valence-corrected chi connectivity index (χ1v) is 8.65. The lowest BCUT2D eigenvalue weighted by Crippen LogP contribution is -2.41. The van der Waals surface area contributed by atoms with Crippen LogP contribution >= 0.6 is 11.6 Å². The van der Waals surface area contributed by atoms with Gasteiger partial charge in [0.15, 0.2) is 6.29 Å². The summed E-state index contributed by atoms with van der Waals surface area (Å²) >= 11 is 6.29. The summed E-state index contributed by atoms with van der Waals surface area (Å²) in [7, 11) is 0. The molecule has 0 saturated carbocycles. The molecule has 0 aliphatic carbocycles. The molecule has 2 heterocycles. The van der Waals surface area contributed by atoms with E-state index in [4.69, 9.17) is 21.1 Å². The molecule has 1 saturated heterocycles. The third-order valence-corrected chi connectivity index (χ3v) is 4.73. The second kappa shape index (κ2) is 7.56. The van der Waals surface area contributed by atoms with E-state index in [9.17, 15) is 5.11 Å². The molecule has 2 aromatic rings. The topological polar surface area (TPSA) is 69.4 Å². The molecule has 1 aliphatic heterocycles. The lowest BCUT2D eigenvalue weighted by molar-refractivity contribution is -0.222. The van der Waals surface area contributed by atoms with E-state index in [0.29, 0.717) is 30.4 Å². The lowest BCUT2D eigenvalue weighted by atomic mass is 9.87. The van der Waals surface area contributed by atoms with Crippen molar-refractivity contribution in [1.82, 2.24) is 14.8 Å². The van der Waals surface area contributed by atoms with Gasteiger partial charge in [0, 0.05) is 11.4 Å². The van der Waals surface area contributed by atoms with Crippen LogP contribution < -0.4 is 0 Å². The molecule has 0 unspecified atom stereocenters. The van der Waals surface area contributed by atoms with Crippen molar-refractivity contribution in [3.05, 3.63) is 53.3 Å². The number of benzene rings is 1. The minimum atomic E-state index is -0.659. The van der Waals surface area contributed by atoms with E-state index in [1.807, 2.05) is 38.1 Å².